The van der Waals surface area contributed by atoms with Crippen molar-refractivity contribution in [3.63, 3.8) is 0 Å². The van der Waals surface area contributed by atoms with Crippen LogP contribution >= 0.6 is 0 Å². The van der Waals surface area contributed by atoms with Gasteiger partial charge in [0.2, 0.25) is 0 Å². The van der Waals surface area contributed by atoms with Gasteiger partial charge in [0.1, 0.15) is 17.4 Å². The Bertz CT molecular complexity index is 1020. The van der Waals surface area contributed by atoms with Crippen molar-refractivity contribution < 1.29 is 24.0 Å². The van der Waals surface area contributed by atoms with Gasteiger partial charge in [-0.25, -0.2) is 9.59 Å². The highest BCUT2D eigenvalue weighted by Gasteiger charge is 2.29. The van der Waals surface area contributed by atoms with E-state index in [9.17, 15) is 19.7 Å². The fourth-order valence-electron chi connectivity index (χ4n) is 3.69. The minimum atomic E-state index is -0.835. The van der Waals surface area contributed by atoms with Gasteiger partial charge < -0.3 is 14.8 Å². The van der Waals surface area contributed by atoms with E-state index >= 15 is 0 Å². The fourth-order valence-corrected chi connectivity index (χ4v) is 3.69. The lowest BCUT2D eigenvalue weighted by molar-refractivity contribution is -0.383. The average Bonchev–Trinajstić information content (AvgIpc) is 2.77. The van der Waals surface area contributed by atoms with Crippen molar-refractivity contribution >= 4 is 29.2 Å². The van der Waals surface area contributed by atoms with Crippen LogP contribution in [0, 0.1) is 16.0 Å². The first-order valence-electron chi connectivity index (χ1n) is 11.0. The second-order valence-electron chi connectivity index (χ2n) is 8.93. The zero-order valence-corrected chi connectivity index (χ0v) is 19.4. The molecule has 2 heterocycles. The summed E-state index contributed by atoms with van der Waals surface area (Å²) in [7, 11) is 0. The molecule has 0 spiro atoms. The molecular weight excluding hydrogens is 442 g/mol. The van der Waals surface area contributed by atoms with Gasteiger partial charge in [-0.1, -0.05) is 0 Å². The number of nitrogens with one attached hydrogen (secondary N) is 3. The lowest BCUT2D eigenvalue weighted by Gasteiger charge is -2.30. The first kappa shape index (κ1) is 24.9. The average molecular weight is 472 g/mol. The van der Waals surface area contributed by atoms with Gasteiger partial charge in [-0.2, -0.15) is 0 Å². The predicted octanol–water partition coefficient (Wildman–Crippen LogP) is 4.63. The van der Waals surface area contributed by atoms with E-state index in [1.54, 1.807) is 45.3 Å². The molecule has 34 heavy (non-hydrogen) atoms. The third kappa shape index (κ3) is 7.14. The molecule has 0 bridgehead atoms. The molecule has 0 aliphatic carbocycles. The number of carbonyl (C=O) groups is 2. The molecule has 3 rings (SSSR count). The largest absolute Gasteiger partial charge is 0.444 e. The number of ether oxygens (including phenoxy) is 2. The molecule has 2 amide bonds. The van der Waals surface area contributed by atoms with Crippen LogP contribution in [0.1, 0.15) is 45.3 Å². The Kier molecular flexibility index (Phi) is 8.00. The maximum atomic E-state index is 12.8. The molecule has 1 aromatic heterocycles. The van der Waals surface area contributed by atoms with E-state index in [-0.39, 0.29) is 23.0 Å². The maximum absolute atomic E-state index is 12.8. The SMILES string of the molecule is CC(C)(C)OC(=O)Nc1ccc([N+](=O)[O-])c(NC(=O)OC(c2ccncc2)C2CCNCC2)c1. The Morgan fingerprint density at radius 2 is 1.79 bits per heavy atom. The quantitative estimate of drug-likeness (QED) is 0.409. The molecule has 1 fully saturated rings. The Balaban J connectivity index is 1.78. The summed E-state index contributed by atoms with van der Waals surface area (Å²) in [5.41, 5.74) is -0.144. The van der Waals surface area contributed by atoms with Crippen LogP contribution in [0.4, 0.5) is 26.7 Å². The van der Waals surface area contributed by atoms with Crippen LogP contribution in [-0.4, -0.2) is 40.8 Å². The molecule has 1 unspecified atom stereocenters. The topological polar surface area (TPSA) is 145 Å². The van der Waals surface area contributed by atoms with Crippen molar-refractivity contribution in [2.45, 2.75) is 45.3 Å². The van der Waals surface area contributed by atoms with Gasteiger partial charge in [-0.05, 0) is 76.5 Å². The van der Waals surface area contributed by atoms with Gasteiger partial charge >= 0.3 is 12.2 Å². The highest BCUT2D eigenvalue weighted by Crippen LogP contribution is 2.33. The minimum Gasteiger partial charge on any atom is -0.444 e. The molecule has 1 aliphatic rings. The Labute approximate surface area is 197 Å². The second kappa shape index (κ2) is 10.9. The smallest absolute Gasteiger partial charge is 0.412 e. The summed E-state index contributed by atoms with van der Waals surface area (Å²) < 4.78 is 11.0. The van der Waals surface area contributed by atoms with Crippen LogP contribution < -0.4 is 16.0 Å². The maximum Gasteiger partial charge on any atom is 0.412 e. The lowest BCUT2D eigenvalue weighted by atomic mass is 9.88. The Morgan fingerprint density at radius 3 is 2.41 bits per heavy atom. The second-order valence-corrected chi connectivity index (χ2v) is 8.93. The van der Waals surface area contributed by atoms with Crippen LogP contribution in [0.5, 0.6) is 0 Å². The van der Waals surface area contributed by atoms with Crippen LogP contribution in [0.15, 0.2) is 42.7 Å². The summed E-state index contributed by atoms with van der Waals surface area (Å²) in [5.74, 6) is 0.0876. The number of nitrogens with zero attached hydrogens (tertiary/aromatic N) is 2. The molecule has 2 aromatic rings. The number of nitro benzene ring substituents is 1. The van der Waals surface area contributed by atoms with Gasteiger partial charge in [-0.15, -0.1) is 0 Å². The number of hydrogen-bond donors (Lipinski definition) is 3. The van der Waals surface area contributed by atoms with Crippen molar-refractivity contribution in [3.05, 3.63) is 58.4 Å². The predicted molar refractivity (Wildman–Crippen MR) is 126 cm³/mol. The molecule has 3 N–H and O–H groups in total. The molecule has 0 radical (unpaired) electrons. The number of aromatic nitrogens is 1. The van der Waals surface area contributed by atoms with Crippen LogP contribution in [0.3, 0.4) is 0 Å². The number of carbonyl (C=O) groups excluding carboxylic acids is 2. The van der Waals surface area contributed by atoms with Gasteiger partial charge in [0.15, 0.2) is 0 Å². The van der Waals surface area contributed by atoms with E-state index in [0.29, 0.717) is 0 Å². The monoisotopic (exact) mass is 471 g/mol. The van der Waals surface area contributed by atoms with Crippen LogP contribution in [0.2, 0.25) is 0 Å². The summed E-state index contributed by atoms with van der Waals surface area (Å²) in [6.07, 6.45) is 2.79. The number of rotatable bonds is 6. The fraction of sp³-hybridized carbons (Fsp3) is 0.435. The number of piperidine rings is 1. The van der Waals surface area contributed by atoms with Gasteiger partial charge in [-0.3, -0.25) is 25.7 Å². The molecule has 182 valence electrons. The van der Waals surface area contributed by atoms with Crippen molar-refractivity contribution in [1.29, 1.82) is 0 Å². The van der Waals surface area contributed by atoms with Gasteiger partial charge in [0, 0.05) is 30.1 Å². The zero-order valence-electron chi connectivity index (χ0n) is 19.4. The number of nitro groups is 1. The normalized spacial score (nSPS) is 15.1. The standard InChI is InChI=1S/C23H29N5O6/c1-23(2,3)34-22(30)26-17-4-5-19(28(31)32)18(14-17)27-21(29)33-20(15-6-10-24-11-7-15)16-8-12-25-13-9-16/h4-7,10-11,14,16,20,25H,8-9,12-13H2,1-3H3,(H,26,30)(H,27,29). The first-order valence-corrected chi connectivity index (χ1v) is 11.0. The molecule has 1 aliphatic heterocycles. The van der Waals surface area contributed by atoms with E-state index < -0.39 is 28.8 Å². The summed E-state index contributed by atoms with van der Waals surface area (Å²) >= 11 is 0. The van der Waals surface area contributed by atoms with E-state index in [4.69, 9.17) is 9.47 Å². The van der Waals surface area contributed by atoms with Gasteiger partial charge in [0.05, 0.1) is 4.92 Å². The lowest BCUT2D eigenvalue weighted by Crippen LogP contribution is -2.33. The molecule has 0 saturated carbocycles. The minimum absolute atomic E-state index is 0.0876. The molecule has 11 heteroatoms. The number of benzene rings is 1. The van der Waals surface area contributed by atoms with E-state index in [0.717, 1.165) is 31.5 Å². The van der Waals surface area contributed by atoms with Crippen LogP contribution in [-0.2, 0) is 9.47 Å². The molecule has 11 nitrogen and oxygen atoms in total. The van der Waals surface area contributed by atoms with E-state index in [1.165, 1.54) is 18.2 Å². The summed E-state index contributed by atoms with van der Waals surface area (Å²) in [5, 5.41) is 19.8. The van der Waals surface area contributed by atoms with Crippen LogP contribution in [0.25, 0.3) is 0 Å². The van der Waals surface area contributed by atoms with E-state index in [1.807, 2.05) is 0 Å². The molecule has 1 aromatic carbocycles. The first-order chi connectivity index (χ1) is 16.1. The highest BCUT2D eigenvalue weighted by molar-refractivity contribution is 5.91. The summed E-state index contributed by atoms with van der Waals surface area (Å²) in [6, 6.07) is 7.40. The van der Waals surface area contributed by atoms with Gasteiger partial charge in [0.25, 0.3) is 5.69 Å². The molecule has 1 atom stereocenters. The van der Waals surface area contributed by atoms with Crippen molar-refractivity contribution in [2.24, 2.45) is 5.92 Å². The number of anilines is 2. The third-order valence-corrected chi connectivity index (χ3v) is 5.16. The summed E-state index contributed by atoms with van der Waals surface area (Å²) in [4.78, 5) is 39.8. The number of pyridine rings is 1. The Morgan fingerprint density at radius 1 is 1.12 bits per heavy atom. The van der Waals surface area contributed by atoms with Crippen molar-refractivity contribution in [3.8, 4) is 0 Å². The molecule has 1 saturated heterocycles. The highest BCUT2D eigenvalue weighted by atomic mass is 16.6. The number of hydrogen-bond acceptors (Lipinski definition) is 8. The van der Waals surface area contributed by atoms with Crippen molar-refractivity contribution in [1.82, 2.24) is 10.3 Å². The summed E-state index contributed by atoms with van der Waals surface area (Å²) in [6.45, 7) is 6.76. The van der Waals surface area contributed by atoms with Crippen molar-refractivity contribution in [2.75, 3.05) is 23.7 Å². The third-order valence-electron chi connectivity index (χ3n) is 5.16. The van der Waals surface area contributed by atoms with E-state index in [2.05, 4.69) is 20.9 Å². The zero-order chi connectivity index (χ0) is 24.7. The number of amides is 2. The Hall–Kier alpha value is -3.73. The molecular formula is C23H29N5O6.